The van der Waals surface area contributed by atoms with Crippen LogP contribution in [0.25, 0.3) is 91.9 Å². The number of furan rings is 1. The van der Waals surface area contributed by atoms with Crippen LogP contribution in [-0.4, -0.2) is 14.5 Å². The molecule has 0 saturated heterocycles. The minimum atomic E-state index is 0.560. The van der Waals surface area contributed by atoms with Crippen molar-refractivity contribution in [2.75, 3.05) is 0 Å². The van der Waals surface area contributed by atoms with Crippen molar-refractivity contribution in [2.24, 2.45) is 0 Å². The van der Waals surface area contributed by atoms with Crippen LogP contribution in [0, 0.1) is 0 Å². The second-order valence-corrected chi connectivity index (χ2v) is 12.1. The molecule has 10 aromatic rings. The van der Waals surface area contributed by atoms with E-state index in [1.165, 1.54) is 42.0 Å². The lowest BCUT2D eigenvalue weighted by atomic mass is 10.1. The van der Waals surface area contributed by atoms with E-state index in [9.17, 15) is 0 Å². The van der Waals surface area contributed by atoms with Crippen LogP contribution in [0.15, 0.2) is 132 Å². The molecule has 0 bridgehead atoms. The van der Waals surface area contributed by atoms with Crippen LogP contribution in [0.1, 0.15) is 0 Å². The van der Waals surface area contributed by atoms with Crippen molar-refractivity contribution in [3.8, 4) is 16.9 Å². The van der Waals surface area contributed by atoms with E-state index in [-0.39, 0.29) is 0 Å². The number of rotatable bonds is 2. The largest absolute Gasteiger partial charge is 0.436 e. The molecule has 0 spiro atoms. The van der Waals surface area contributed by atoms with E-state index in [1.807, 2.05) is 17.4 Å². The fourth-order valence-corrected chi connectivity index (χ4v) is 7.99. The van der Waals surface area contributed by atoms with Crippen LogP contribution < -0.4 is 0 Å². The predicted octanol–water partition coefficient (Wildman–Crippen LogP) is 10.7. The molecule has 43 heavy (non-hydrogen) atoms. The van der Waals surface area contributed by atoms with Gasteiger partial charge in [-0.05, 0) is 47.2 Å². The minimum Gasteiger partial charge on any atom is -0.436 e. The van der Waals surface area contributed by atoms with Crippen LogP contribution in [0.2, 0.25) is 0 Å². The summed E-state index contributed by atoms with van der Waals surface area (Å²) in [5.41, 5.74) is 7.53. The summed E-state index contributed by atoms with van der Waals surface area (Å²) >= 11 is 1.88. The van der Waals surface area contributed by atoms with Gasteiger partial charge in [0.05, 0.1) is 28.3 Å². The third-order valence-corrected chi connectivity index (χ3v) is 9.88. The number of aromatic nitrogens is 3. The Morgan fingerprint density at radius 1 is 0.605 bits per heavy atom. The van der Waals surface area contributed by atoms with Gasteiger partial charge in [0.1, 0.15) is 11.1 Å². The van der Waals surface area contributed by atoms with Crippen molar-refractivity contribution in [2.45, 2.75) is 0 Å². The van der Waals surface area contributed by atoms with Crippen molar-refractivity contribution >= 4 is 86.3 Å². The summed E-state index contributed by atoms with van der Waals surface area (Å²) in [5, 5.41) is 8.52. The third-order valence-electron chi connectivity index (χ3n) is 8.67. The lowest BCUT2D eigenvalue weighted by Gasteiger charge is -2.09. The summed E-state index contributed by atoms with van der Waals surface area (Å²) in [6.45, 7) is 0. The molecule has 200 valence electrons. The second kappa shape index (κ2) is 8.51. The molecule has 0 amide bonds. The number of hydrogen-bond donors (Lipinski definition) is 0. The van der Waals surface area contributed by atoms with Crippen LogP contribution in [-0.2, 0) is 0 Å². The van der Waals surface area contributed by atoms with Gasteiger partial charge < -0.3 is 8.98 Å². The van der Waals surface area contributed by atoms with Gasteiger partial charge in [-0.15, -0.1) is 11.3 Å². The van der Waals surface area contributed by atoms with Gasteiger partial charge in [-0.3, -0.25) is 0 Å². The Morgan fingerprint density at radius 2 is 1.40 bits per heavy atom. The smallest absolute Gasteiger partial charge is 0.246 e. The Hall–Kier alpha value is -5.52. The number of nitrogens with zero attached hydrogens (tertiary/aromatic N) is 3. The molecule has 10 rings (SSSR count). The van der Waals surface area contributed by atoms with E-state index >= 15 is 0 Å². The van der Waals surface area contributed by atoms with Crippen molar-refractivity contribution in [1.82, 2.24) is 14.5 Å². The topological polar surface area (TPSA) is 43.9 Å². The molecule has 0 fully saturated rings. The summed E-state index contributed by atoms with van der Waals surface area (Å²) in [6, 6.07) is 43.1. The van der Waals surface area contributed by atoms with Crippen LogP contribution in [0.5, 0.6) is 0 Å². The highest BCUT2D eigenvalue weighted by Gasteiger charge is 2.18. The molecule has 4 aromatic heterocycles. The molecule has 0 aliphatic heterocycles. The lowest BCUT2D eigenvalue weighted by Crippen LogP contribution is -1.94. The third kappa shape index (κ3) is 3.20. The zero-order valence-corrected chi connectivity index (χ0v) is 23.6. The SMILES string of the molecule is c1ccc2c(c1)ccc1oc3ncc(-c4ccc(-n5c6ccccc6c6c7sc8ccccc8c7ccc65)cc4)nc3c12. The van der Waals surface area contributed by atoms with Gasteiger partial charge in [0.2, 0.25) is 5.71 Å². The summed E-state index contributed by atoms with van der Waals surface area (Å²) < 4.78 is 11.1. The molecule has 0 N–H and O–H groups in total. The van der Waals surface area contributed by atoms with Crippen molar-refractivity contribution < 1.29 is 4.42 Å². The Balaban J connectivity index is 1.15. The Labute approximate surface area is 249 Å². The van der Waals surface area contributed by atoms with Crippen LogP contribution in [0.4, 0.5) is 0 Å². The molecule has 4 heterocycles. The van der Waals surface area contributed by atoms with Crippen molar-refractivity contribution in [1.29, 1.82) is 0 Å². The molecule has 5 heteroatoms. The summed E-state index contributed by atoms with van der Waals surface area (Å²) in [4.78, 5) is 9.74. The molecule has 4 nitrogen and oxygen atoms in total. The highest BCUT2D eigenvalue weighted by atomic mass is 32.1. The fourth-order valence-electron chi connectivity index (χ4n) is 6.73. The highest BCUT2D eigenvalue weighted by molar-refractivity contribution is 7.26. The average molecular weight is 568 g/mol. The number of benzene rings is 6. The quantitative estimate of drug-likeness (QED) is 0.209. The second-order valence-electron chi connectivity index (χ2n) is 11.0. The van der Waals surface area contributed by atoms with Crippen LogP contribution in [0.3, 0.4) is 0 Å². The first-order chi connectivity index (χ1) is 21.3. The Bertz CT molecular complexity index is 2730. The Kier molecular flexibility index (Phi) is 4.57. The highest BCUT2D eigenvalue weighted by Crippen LogP contribution is 2.43. The first-order valence-corrected chi connectivity index (χ1v) is 15.1. The van der Waals surface area contributed by atoms with Gasteiger partial charge in [-0.1, -0.05) is 84.9 Å². The Morgan fingerprint density at radius 3 is 2.30 bits per heavy atom. The zero-order chi connectivity index (χ0) is 28.1. The monoisotopic (exact) mass is 567 g/mol. The van der Waals surface area contributed by atoms with E-state index in [4.69, 9.17) is 9.40 Å². The van der Waals surface area contributed by atoms with Gasteiger partial charge in [0.15, 0.2) is 0 Å². The van der Waals surface area contributed by atoms with E-state index < -0.39 is 0 Å². The lowest BCUT2D eigenvalue weighted by molar-refractivity contribution is 0.653. The predicted molar refractivity (Wildman–Crippen MR) is 179 cm³/mol. The summed E-state index contributed by atoms with van der Waals surface area (Å²) in [6.07, 6.45) is 1.81. The standard InChI is InChI=1S/C38H21N3OS/c1-2-8-25-22(7-1)15-20-32-35(25)36-38(42-32)39-21-29(40-36)23-13-16-24(17-14-23)41-30-11-5-3-10-28(30)34-31(41)19-18-27-26-9-4-6-12-33(26)43-37(27)34/h1-21H. The molecule has 0 unspecified atom stereocenters. The van der Waals surface area contributed by atoms with E-state index in [1.54, 1.807) is 6.20 Å². The molecule has 0 aliphatic rings. The molecule has 0 atom stereocenters. The molecule has 0 saturated carbocycles. The van der Waals surface area contributed by atoms with E-state index in [0.29, 0.717) is 5.71 Å². The average Bonchev–Trinajstić information content (AvgIpc) is 3.74. The fraction of sp³-hybridized carbons (Fsp3) is 0. The molecular weight excluding hydrogens is 547 g/mol. The maximum absolute atomic E-state index is 6.07. The first kappa shape index (κ1) is 23.1. The summed E-state index contributed by atoms with van der Waals surface area (Å²) in [7, 11) is 0. The minimum absolute atomic E-state index is 0.560. The number of fused-ring (bicyclic) bond motifs is 12. The molecule has 0 aliphatic carbocycles. The number of thiophene rings is 1. The first-order valence-electron chi connectivity index (χ1n) is 14.3. The van der Waals surface area contributed by atoms with E-state index in [2.05, 4.69) is 125 Å². The molecule has 6 aromatic carbocycles. The van der Waals surface area contributed by atoms with Crippen molar-refractivity contribution in [3.63, 3.8) is 0 Å². The van der Waals surface area contributed by atoms with Gasteiger partial charge in [0.25, 0.3) is 0 Å². The maximum Gasteiger partial charge on any atom is 0.246 e. The van der Waals surface area contributed by atoms with Gasteiger partial charge in [-0.2, -0.15) is 0 Å². The molecular formula is C38H21N3OS. The maximum atomic E-state index is 6.07. The zero-order valence-electron chi connectivity index (χ0n) is 22.8. The van der Waals surface area contributed by atoms with Crippen molar-refractivity contribution in [3.05, 3.63) is 128 Å². The van der Waals surface area contributed by atoms with Crippen LogP contribution >= 0.6 is 11.3 Å². The summed E-state index contributed by atoms with van der Waals surface area (Å²) in [5.74, 6) is 0. The normalized spacial score (nSPS) is 12.2. The van der Waals surface area contributed by atoms with Gasteiger partial charge in [0, 0.05) is 42.2 Å². The number of hydrogen-bond acceptors (Lipinski definition) is 4. The molecule has 0 radical (unpaired) electrons. The number of para-hydroxylation sites is 1. The van der Waals surface area contributed by atoms with E-state index in [0.717, 1.165) is 44.2 Å². The van der Waals surface area contributed by atoms with Gasteiger partial charge in [-0.25, -0.2) is 9.97 Å². The van der Waals surface area contributed by atoms with Gasteiger partial charge >= 0.3 is 0 Å².